The largest absolute Gasteiger partial charge is 0.272 e. The minimum absolute atomic E-state index is 0.0805. The van der Waals surface area contributed by atoms with Gasteiger partial charge in [0.2, 0.25) is 0 Å². The third-order valence-electron chi connectivity index (χ3n) is 3.54. The highest BCUT2D eigenvalue weighted by molar-refractivity contribution is 8.17. The van der Waals surface area contributed by atoms with Gasteiger partial charge in [-0.25, -0.2) is 13.4 Å². The van der Waals surface area contributed by atoms with Crippen LogP contribution in [0.5, 0.6) is 0 Å². The molecule has 1 heterocycles. The number of thioether (sulfide) groups is 1. The van der Waals surface area contributed by atoms with Crippen LogP contribution in [0.4, 0.5) is 5.69 Å². The zero-order valence-corrected chi connectivity index (χ0v) is 14.8. The molecule has 1 aliphatic heterocycles. The van der Waals surface area contributed by atoms with E-state index in [0.717, 1.165) is 21.6 Å². The van der Waals surface area contributed by atoms with Crippen LogP contribution in [-0.4, -0.2) is 29.0 Å². The number of amides is 1. The van der Waals surface area contributed by atoms with Gasteiger partial charge < -0.3 is 0 Å². The molecular formula is C17H16N2O3S2. The molecule has 0 spiro atoms. The highest BCUT2D eigenvalue weighted by Crippen LogP contribution is 2.33. The quantitative estimate of drug-likeness (QED) is 0.842. The van der Waals surface area contributed by atoms with E-state index in [2.05, 4.69) is 4.99 Å². The van der Waals surface area contributed by atoms with E-state index in [4.69, 9.17) is 0 Å². The molecular weight excluding hydrogens is 344 g/mol. The van der Waals surface area contributed by atoms with Crippen molar-refractivity contribution in [3.05, 3.63) is 60.2 Å². The van der Waals surface area contributed by atoms with Gasteiger partial charge in [-0.15, -0.1) is 0 Å². The third-order valence-corrected chi connectivity index (χ3v) is 6.40. The number of para-hydroxylation sites is 1. The van der Waals surface area contributed by atoms with Gasteiger partial charge in [-0.05, 0) is 38.1 Å². The SMILES string of the molecule is Cc1ccc(S(=O)(=O)N2C(=O)[C@@H](C)SC2=Nc2ccccc2)cc1. The van der Waals surface area contributed by atoms with Gasteiger partial charge >= 0.3 is 0 Å². The summed E-state index contributed by atoms with van der Waals surface area (Å²) in [7, 11) is -3.97. The van der Waals surface area contributed by atoms with Gasteiger partial charge in [0.25, 0.3) is 15.9 Å². The molecule has 1 atom stereocenters. The second-order valence-electron chi connectivity index (χ2n) is 5.41. The molecule has 0 aliphatic carbocycles. The zero-order valence-electron chi connectivity index (χ0n) is 13.2. The summed E-state index contributed by atoms with van der Waals surface area (Å²) in [5.74, 6) is -0.477. The van der Waals surface area contributed by atoms with Crippen LogP contribution in [-0.2, 0) is 14.8 Å². The number of nitrogens with zero attached hydrogens (tertiary/aromatic N) is 2. The summed E-state index contributed by atoms with van der Waals surface area (Å²) < 4.78 is 26.6. The lowest BCUT2D eigenvalue weighted by molar-refractivity contribution is -0.122. The Morgan fingerprint density at radius 1 is 1.04 bits per heavy atom. The highest BCUT2D eigenvalue weighted by Gasteiger charge is 2.43. The smallest absolute Gasteiger partial charge is 0.272 e. The van der Waals surface area contributed by atoms with E-state index in [0.29, 0.717) is 5.69 Å². The molecule has 24 heavy (non-hydrogen) atoms. The number of aliphatic imine (C=N–C) groups is 1. The predicted molar refractivity (Wildman–Crippen MR) is 95.8 cm³/mol. The van der Waals surface area contributed by atoms with E-state index in [9.17, 15) is 13.2 Å². The number of benzene rings is 2. The van der Waals surface area contributed by atoms with E-state index in [1.165, 1.54) is 12.1 Å². The second kappa shape index (κ2) is 6.41. The molecule has 0 unspecified atom stereocenters. The fourth-order valence-electron chi connectivity index (χ4n) is 2.24. The van der Waals surface area contributed by atoms with Gasteiger partial charge in [0.1, 0.15) is 0 Å². The minimum Gasteiger partial charge on any atom is -0.272 e. The summed E-state index contributed by atoms with van der Waals surface area (Å²) >= 11 is 1.15. The van der Waals surface area contributed by atoms with Gasteiger partial charge in [0.05, 0.1) is 15.8 Å². The lowest BCUT2D eigenvalue weighted by Gasteiger charge is -2.16. The van der Waals surface area contributed by atoms with Crippen molar-refractivity contribution in [1.82, 2.24) is 4.31 Å². The van der Waals surface area contributed by atoms with Gasteiger partial charge in [-0.1, -0.05) is 47.7 Å². The molecule has 5 nitrogen and oxygen atoms in total. The molecule has 124 valence electrons. The lowest BCUT2D eigenvalue weighted by Crippen LogP contribution is -2.37. The minimum atomic E-state index is -3.97. The normalized spacial score (nSPS) is 19.9. The van der Waals surface area contributed by atoms with E-state index in [1.54, 1.807) is 31.2 Å². The summed E-state index contributed by atoms with van der Waals surface area (Å²) in [6, 6.07) is 15.4. The molecule has 0 bridgehead atoms. The first-order valence-electron chi connectivity index (χ1n) is 7.36. The van der Waals surface area contributed by atoms with E-state index in [1.807, 2.05) is 25.1 Å². The Bertz CT molecular complexity index is 891. The standard InChI is InChI=1S/C17H16N2O3S2/c1-12-8-10-15(11-9-12)24(21,22)19-16(20)13(2)23-17(19)18-14-6-4-3-5-7-14/h3-11,13H,1-2H3/t13-/m1/s1. The summed E-state index contributed by atoms with van der Waals surface area (Å²) in [4.78, 5) is 16.9. The van der Waals surface area contributed by atoms with Gasteiger partial charge in [0.15, 0.2) is 5.17 Å². The van der Waals surface area contributed by atoms with Crippen LogP contribution in [0.25, 0.3) is 0 Å². The molecule has 0 radical (unpaired) electrons. The molecule has 3 rings (SSSR count). The van der Waals surface area contributed by atoms with Crippen molar-refractivity contribution in [3.8, 4) is 0 Å². The summed E-state index contributed by atoms with van der Waals surface area (Å²) in [5.41, 5.74) is 1.55. The Kier molecular flexibility index (Phi) is 4.47. The second-order valence-corrected chi connectivity index (χ2v) is 8.51. The summed E-state index contributed by atoms with van der Waals surface area (Å²) in [6.07, 6.45) is 0. The van der Waals surface area contributed by atoms with Crippen LogP contribution in [0.15, 0.2) is 64.5 Å². The molecule has 1 fully saturated rings. The Labute approximate surface area is 145 Å². The Morgan fingerprint density at radius 3 is 2.29 bits per heavy atom. The van der Waals surface area contributed by atoms with E-state index >= 15 is 0 Å². The average Bonchev–Trinajstić information content (AvgIpc) is 2.83. The molecule has 2 aromatic carbocycles. The van der Waals surface area contributed by atoms with Crippen molar-refractivity contribution < 1.29 is 13.2 Å². The molecule has 1 aliphatic rings. The lowest BCUT2D eigenvalue weighted by atomic mass is 10.2. The van der Waals surface area contributed by atoms with Crippen molar-refractivity contribution in [1.29, 1.82) is 0 Å². The molecule has 0 aromatic heterocycles. The number of rotatable bonds is 3. The predicted octanol–water partition coefficient (Wildman–Crippen LogP) is 3.34. The Hall–Kier alpha value is -2.12. The number of aryl methyl sites for hydroxylation is 1. The monoisotopic (exact) mass is 360 g/mol. The maximum absolute atomic E-state index is 12.9. The maximum Gasteiger partial charge on any atom is 0.272 e. The molecule has 0 saturated carbocycles. The molecule has 2 aromatic rings. The fourth-order valence-corrected chi connectivity index (χ4v) is 4.93. The van der Waals surface area contributed by atoms with Crippen LogP contribution >= 0.6 is 11.8 Å². The topological polar surface area (TPSA) is 66.8 Å². The molecule has 1 saturated heterocycles. The maximum atomic E-state index is 12.9. The number of amidine groups is 1. The van der Waals surface area contributed by atoms with Gasteiger partial charge in [-0.2, -0.15) is 4.31 Å². The first kappa shape index (κ1) is 16.7. The molecule has 1 amide bonds. The molecule has 7 heteroatoms. The van der Waals surface area contributed by atoms with Gasteiger partial charge in [-0.3, -0.25) is 4.79 Å². The van der Waals surface area contributed by atoms with Crippen LogP contribution in [0.1, 0.15) is 12.5 Å². The summed E-state index contributed by atoms with van der Waals surface area (Å²) in [6.45, 7) is 3.55. The first-order chi connectivity index (χ1) is 11.4. The van der Waals surface area contributed by atoms with Crippen molar-refractivity contribution >= 4 is 38.5 Å². The van der Waals surface area contributed by atoms with Crippen molar-refractivity contribution in [2.75, 3.05) is 0 Å². The van der Waals surface area contributed by atoms with Crippen LogP contribution in [0.3, 0.4) is 0 Å². The number of carbonyl (C=O) groups excluding carboxylic acids is 1. The number of carbonyl (C=O) groups is 1. The number of sulfonamides is 1. The Balaban J connectivity index is 2.07. The van der Waals surface area contributed by atoms with Crippen LogP contribution in [0.2, 0.25) is 0 Å². The van der Waals surface area contributed by atoms with Gasteiger partial charge in [0, 0.05) is 0 Å². The zero-order chi connectivity index (χ0) is 17.3. The fraction of sp³-hybridized carbons (Fsp3) is 0.176. The number of hydrogen-bond acceptors (Lipinski definition) is 5. The van der Waals surface area contributed by atoms with Crippen LogP contribution < -0.4 is 0 Å². The number of hydrogen-bond donors (Lipinski definition) is 0. The van der Waals surface area contributed by atoms with E-state index < -0.39 is 21.2 Å². The third kappa shape index (κ3) is 3.09. The average molecular weight is 360 g/mol. The van der Waals surface area contributed by atoms with Crippen molar-refractivity contribution in [2.45, 2.75) is 24.0 Å². The van der Waals surface area contributed by atoms with E-state index in [-0.39, 0.29) is 10.1 Å². The van der Waals surface area contributed by atoms with Crippen molar-refractivity contribution in [3.63, 3.8) is 0 Å². The first-order valence-corrected chi connectivity index (χ1v) is 9.68. The Morgan fingerprint density at radius 2 is 1.67 bits per heavy atom. The summed E-state index contributed by atoms with van der Waals surface area (Å²) in [5, 5.41) is -0.313. The van der Waals surface area contributed by atoms with Crippen molar-refractivity contribution in [2.24, 2.45) is 4.99 Å². The highest BCUT2D eigenvalue weighted by atomic mass is 32.2. The molecule has 0 N–H and O–H groups in total. The van der Waals surface area contributed by atoms with Crippen LogP contribution in [0, 0.1) is 6.92 Å².